The number of hydrogen-bond donors (Lipinski definition) is 1. The highest BCUT2D eigenvalue weighted by Gasteiger charge is 2.53. The number of rotatable bonds is 17. The lowest BCUT2D eigenvalue weighted by atomic mass is 9.87. The third-order valence-electron chi connectivity index (χ3n) is 6.80. The lowest BCUT2D eigenvalue weighted by molar-refractivity contribution is -0.158. The van der Waals surface area contributed by atoms with Gasteiger partial charge in [-0.25, -0.2) is 9.69 Å². The largest absolute Gasteiger partial charge is 0.453 e. The van der Waals surface area contributed by atoms with Crippen molar-refractivity contribution in [2.45, 2.75) is 84.8 Å². The molecule has 0 aliphatic carbocycles. The molecule has 2 rings (SSSR count). The standard InChI is InChI=1S/C31H43NO10/c1-20(2)28-31(5,6)42-30(38)32(28)29(37)21(3)27(41-22(4)34)26(36)15-14-24(35)13-10-16-39-19-25(17-33)40-18-23-11-8-7-9-12-23/h7-9,11-12,14-15,20-21,25,27-28,33H,10,13,16-19H2,1-6H3/t21-,25-,27-,28-/m1/s1. The Morgan fingerprint density at radius 2 is 1.76 bits per heavy atom. The Balaban J connectivity index is 1.88. The fourth-order valence-electron chi connectivity index (χ4n) is 4.88. The molecule has 1 N–H and O–H groups in total. The van der Waals surface area contributed by atoms with Crippen LogP contribution in [0.3, 0.4) is 0 Å². The first kappa shape index (κ1) is 34.8. The molecule has 0 aromatic heterocycles. The summed E-state index contributed by atoms with van der Waals surface area (Å²) in [5.74, 6) is -3.97. The number of carbonyl (C=O) groups is 5. The van der Waals surface area contributed by atoms with Crippen LogP contribution in [0.4, 0.5) is 4.79 Å². The van der Waals surface area contributed by atoms with Crippen molar-refractivity contribution in [1.82, 2.24) is 4.90 Å². The summed E-state index contributed by atoms with van der Waals surface area (Å²) < 4.78 is 21.7. The van der Waals surface area contributed by atoms with E-state index in [4.69, 9.17) is 18.9 Å². The second-order valence-corrected chi connectivity index (χ2v) is 11.2. The Morgan fingerprint density at radius 3 is 2.36 bits per heavy atom. The van der Waals surface area contributed by atoms with Gasteiger partial charge in [0.2, 0.25) is 5.91 Å². The molecule has 1 heterocycles. The monoisotopic (exact) mass is 589 g/mol. The van der Waals surface area contributed by atoms with Crippen molar-refractivity contribution in [3.05, 3.63) is 48.0 Å². The average Bonchev–Trinajstić information content (AvgIpc) is 3.19. The highest BCUT2D eigenvalue weighted by atomic mass is 16.6. The quantitative estimate of drug-likeness (QED) is 0.163. The smallest absolute Gasteiger partial charge is 0.417 e. The fourth-order valence-corrected chi connectivity index (χ4v) is 4.88. The van der Waals surface area contributed by atoms with Gasteiger partial charge < -0.3 is 24.1 Å². The number of amides is 2. The van der Waals surface area contributed by atoms with E-state index in [0.29, 0.717) is 13.0 Å². The Bertz CT molecular complexity index is 1110. The number of ketones is 2. The number of cyclic esters (lactones) is 1. The normalized spacial score (nSPS) is 18.5. The molecule has 1 aromatic carbocycles. The average molecular weight is 590 g/mol. The van der Waals surface area contributed by atoms with Gasteiger partial charge in [-0.3, -0.25) is 19.2 Å². The van der Waals surface area contributed by atoms with E-state index in [9.17, 15) is 29.1 Å². The molecular weight excluding hydrogens is 546 g/mol. The predicted molar refractivity (Wildman–Crippen MR) is 152 cm³/mol. The van der Waals surface area contributed by atoms with E-state index in [1.165, 1.54) is 6.92 Å². The third kappa shape index (κ3) is 10.1. The number of hydrogen-bond acceptors (Lipinski definition) is 10. The van der Waals surface area contributed by atoms with Crippen molar-refractivity contribution in [1.29, 1.82) is 0 Å². The fraction of sp³-hybridized carbons (Fsp3) is 0.581. The molecule has 0 spiro atoms. The molecule has 0 radical (unpaired) electrons. The van der Waals surface area contributed by atoms with E-state index in [-0.39, 0.29) is 37.9 Å². The van der Waals surface area contributed by atoms with Gasteiger partial charge in [0.1, 0.15) is 11.7 Å². The zero-order valence-corrected chi connectivity index (χ0v) is 25.2. The SMILES string of the molecule is CC(=O)O[C@@H](C(=O)C=CC(=O)CCCOC[C@@H](CO)OCc1ccccc1)[C@@H](C)C(=O)N1C(=O)OC(C)(C)[C@H]1C(C)C. The Kier molecular flexibility index (Phi) is 13.5. The van der Waals surface area contributed by atoms with Crippen molar-refractivity contribution in [3.8, 4) is 0 Å². The summed E-state index contributed by atoms with van der Waals surface area (Å²) in [5.41, 5.74) is 0.0334. The number of aliphatic hydroxyl groups is 1. The number of nitrogens with zero attached hydrogens (tertiary/aromatic N) is 1. The van der Waals surface area contributed by atoms with Crippen LogP contribution in [0.25, 0.3) is 0 Å². The highest BCUT2D eigenvalue weighted by molar-refractivity contribution is 6.04. The van der Waals surface area contributed by atoms with E-state index in [1.54, 1.807) is 13.8 Å². The molecule has 1 aliphatic rings. The molecular formula is C31H43NO10. The molecule has 232 valence electrons. The van der Waals surface area contributed by atoms with Gasteiger partial charge in [-0.2, -0.15) is 0 Å². The Labute approximate surface area is 247 Å². The molecule has 11 nitrogen and oxygen atoms in total. The van der Waals surface area contributed by atoms with Crippen molar-refractivity contribution >= 4 is 29.5 Å². The van der Waals surface area contributed by atoms with Crippen molar-refractivity contribution in [2.24, 2.45) is 11.8 Å². The maximum atomic E-state index is 13.4. The summed E-state index contributed by atoms with van der Waals surface area (Å²) >= 11 is 0. The minimum Gasteiger partial charge on any atom is -0.453 e. The van der Waals surface area contributed by atoms with Gasteiger partial charge in [0.15, 0.2) is 17.7 Å². The predicted octanol–water partition coefficient (Wildman–Crippen LogP) is 3.41. The van der Waals surface area contributed by atoms with Crippen LogP contribution in [0.2, 0.25) is 0 Å². The second kappa shape index (κ2) is 16.3. The zero-order chi connectivity index (χ0) is 31.4. The van der Waals surface area contributed by atoms with Crippen LogP contribution < -0.4 is 0 Å². The first-order valence-corrected chi connectivity index (χ1v) is 14.1. The molecule has 1 aliphatic heterocycles. The maximum absolute atomic E-state index is 13.4. The van der Waals surface area contributed by atoms with E-state index >= 15 is 0 Å². The van der Waals surface area contributed by atoms with Gasteiger partial charge in [-0.15, -0.1) is 0 Å². The molecule has 11 heteroatoms. The summed E-state index contributed by atoms with van der Waals surface area (Å²) in [6.07, 6.45) is -0.379. The van der Waals surface area contributed by atoms with Crippen LogP contribution in [0.15, 0.2) is 42.5 Å². The van der Waals surface area contributed by atoms with Crippen LogP contribution in [0.1, 0.15) is 59.9 Å². The topological polar surface area (TPSA) is 146 Å². The number of ether oxygens (including phenoxy) is 4. The second-order valence-electron chi connectivity index (χ2n) is 11.2. The zero-order valence-electron chi connectivity index (χ0n) is 25.2. The van der Waals surface area contributed by atoms with Gasteiger partial charge >= 0.3 is 12.1 Å². The molecule has 42 heavy (non-hydrogen) atoms. The van der Waals surface area contributed by atoms with Crippen LogP contribution in [-0.4, -0.2) is 83.2 Å². The first-order valence-electron chi connectivity index (χ1n) is 14.1. The first-order chi connectivity index (χ1) is 19.8. The minimum atomic E-state index is -1.53. The van der Waals surface area contributed by atoms with Gasteiger partial charge in [-0.1, -0.05) is 44.2 Å². The van der Waals surface area contributed by atoms with Gasteiger partial charge in [0.05, 0.1) is 31.8 Å². The molecule has 1 aromatic rings. The summed E-state index contributed by atoms with van der Waals surface area (Å²) in [7, 11) is 0. The molecule has 1 saturated heterocycles. The van der Waals surface area contributed by atoms with Crippen LogP contribution in [0, 0.1) is 11.8 Å². The number of esters is 1. The molecule has 2 amide bonds. The number of carbonyl (C=O) groups excluding carboxylic acids is 5. The maximum Gasteiger partial charge on any atom is 0.417 e. The van der Waals surface area contributed by atoms with Gasteiger partial charge in [0.25, 0.3) is 0 Å². The highest BCUT2D eigenvalue weighted by Crippen LogP contribution is 2.35. The van der Waals surface area contributed by atoms with Crippen LogP contribution in [-0.2, 0) is 44.7 Å². The molecule has 0 bridgehead atoms. The van der Waals surface area contributed by atoms with E-state index in [0.717, 1.165) is 29.5 Å². The Hall–Kier alpha value is -3.41. The van der Waals surface area contributed by atoms with Gasteiger partial charge in [-0.05, 0) is 50.8 Å². The molecule has 0 unspecified atom stereocenters. The number of aliphatic hydroxyl groups excluding tert-OH is 1. The molecule has 0 saturated carbocycles. The minimum absolute atomic E-state index is 0.0793. The van der Waals surface area contributed by atoms with Gasteiger partial charge in [0, 0.05) is 20.0 Å². The summed E-state index contributed by atoms with van der Waals surface area (Å²) in [4.78, 5) is 64.0. The third-order valence-corrected chi connectivity index (χ3v) is 6.80. The lowest BCUT2D eigenvalue weighted by Gasteiger charge is -2.33. The molecule has 4 atom stereocenters. The Morgan fingerprint density at radius 1 is 1.10 bits per heavy atom. The van der Waals surface area contributed by atoms with E-state index < -0.39 is 53.5 Å². The number of imide groups is 1. The van der Waals surface area contributed by atoms with Crippen LogP contribution >= 0.6 is 0 Å². The molecule has 1 fully saturated rings. The summed E-state index contributed by atoms with van der Waals surface area (Å²) in [6.45, 7) is 10.1. The lowest BCUT2D eigenvalue weighted by Crippen LogP contribution is -2.52. The van der Waals surface area contributed by atoms with Crippen LogP contribution in [0.5, 0.6) is 0 Å². The number of allylic oxidation sites excluding steroid dienone is 1. The van der Waals surface area contributed by atoms with Crippen molar-refractivity contribution in [3.63, 3.8) is 0 Å². The van der Waals surface area contributed by atoms with E-state index in [1.807, 2.05) is 44.2 Å². The number of benzene rings is 1. The summed E-state index contributed by atoms with van der Waals surface area (Å²) in [5, 5.41) is 9.50. The van der Waals surface area contributed by atoms with Crippen molar-refractivity contribution < 1.29 is 48.0 Å². The van der Waals surface area contributed by atoms with E-state index in [2.05, 4.69) is 0 Å². The summed E-state index contributed by atoms with van der Waals surface area (Å²) in [6, 6.07) is 8.94. The van der Waals surface area contributed by atoms with Crippen molar-refractivity contribution in [2.75, 3.05) is 19.8 Å².